The topological polar surface area (TPSA) is 13.1 Å². The molecule has 1 heteroatoms. The lowest BCUT2D eigenvalue weighted by atomic mass is 9.84. The lowest BCUT2D eigenvalue weighted by Crippen LogP contribution is -1.92. The molecule has 12 rings (SSSR count). The molecule has 0 saturated carbocycles. The van der Waals surface area contributed by atoms with Crippen LogP contribution in [0.5, 0.6) is 0 Å². The van der Waals surface area contributed by atoms with Crippen LogP contribution >= 0.6 is 0 Å². The first-order valence-electron chi connectivity index (χ1n) is 20.3. The third kappa shape index (κ3) is 5.18. The molecule has 0 bridgehead atoms. The zero-order valence-corrected chi connectivity index (χ0v) is 32.2. The largest absolute Gasteiger partial charge is 0.455 e. The molecule has 12 aromatic rings. The normalized spacial score (nSPS) is 11.7. The van der Waals surface area contributed by atoms with Gasteiger partial charge in [-0.2, -0.15) is 0 Å². The van der Waals surface area contributed by atoms with Gasteiger partial charge in [0.2, 0.25) is 0 Å². The minimum atomic E-state index is 0.882. The number of benzene rings is 11. The second-order valence-corrected chi connectivity index (χ2v) is 15.5. The molecule has 0 fully saturated rings. The van der Waals surface area contributed by atoms with Crippen LogP contribution in [0.4, 0.5) is 0 Å². The SMILES string of the molecule is c1ccc(-c2cccc(-c3c4ccccc4c(-c4cccc5oc6c(-c7c8ccccc8c(-c8ccccc8)c8ccccc78)cccc6c45)c4ccccc34)c2)cc1. The third-order valence-corrected chi connectivity index (χ3v) is 12.2. The van der Waals surface area contributed by atoms with Crippen molar-refractivity contribution in [3.05, 3.63) is 218 Å². The smallest absolute Gasteiger partial charge is 0.143 e. The van der Waals surface area contributed by atoms with Gasteiger partial charge in [-0.1, -0.05) is 206 Å². The highest BCUT2D eigenvalue weighted by atomic mass is 16.3. The van der Waals surface area contributed by atoms with Crippen molar-refractivity contribution in [1.82, 2.24) is 0 Å². The highest BCUT2D eigenvalue weighted by molar-refractivity contribution is 6.28. The molecule has 1 heterocycles. The van der Waals surface area contributed by atoms with Crippen molar-refractivity contribution in [2.75, 3.05) is 0 Å². The lowest BCUT2D eigenvalue weighted by molar-refractivity contribution is 0.670. The van der Waals surface area contributed by atoms with Crippen molar-refractivity contribution in [3.63, 3.8) is 0 Å². The van der Waals surface area contributed by atoms with E-state index in [4.69, 9.17) is 4.42 Å². The van der Waals surface area contributed by atoms with Crippen molar-refractivity contribution in [1.29, 1.82) is 0 Å². The van der Waals surface area contributed by atoms with Gasteiger partial charge in [0.05, 0.1) is 0 Å². The standard InChI is InChI=1S/C58H36O/c1-3-18-37(19-4-1)39-22-15-23-40(36-39)54-43-26-9-11-28-45(43)55(46-29-12-10-27-44(46)54)49-32-17-35-52-57(49)51-34-16-33-50(58(51)59-52)56-47-30-13-7-24-41(47)53(38-20-5-2-6-21-38)42-25-8-14-31-48(42)56/h1-36H. The maximum Gasteiger partial charge on any atom is 0.143 e. The van der Waals surface area contributed by atoms with E-state index in [9.17, 15) is 0 Å². The number of rotatable bonds is 5. The Morgan fingerprint density at radius 2 is 0.610 bits per heavy atom. The van der Waals surface area contributed by atoms with Crippen LogP contribution in [-0.2, 0) is 0 Å². The van der Waals surface area contributed by atoms with Gasteiger partial charge >= 0.3 is 0 Å². The summed E-state index contributed by atoms with van der Waals surface area (Å²) in [6, 6.07) is 79.2. The summed E-state index contributed by atoms with van der Waals surface area (Å²) >= 11 is 0. The minimum Gasteiger partial charge on any atom is -0.455 e. The minimum absolute atomic E-state index is 0.882. The molecule has 0 spiro atoms. The molecular formula is C58H36O. The van der Waals surface area contributed by atoms with Gasteiger partial charge in [-0.3, -0.25) is 0 Å². The maximum atomic E-state index is 7.09. The highest BCUT2D eigenvalue weighted by Gasteiger charge is 2.23. The number of hydrogen-bond acceptors (Lipinski definition) is 1. The molecular weight excluding hydrogens is 713 g/mol. The molecule has 0 atom stereocenters. The molecule has 0 radical (unpaired) electrons. The Morgan fingerprint density at radius 1 is 0.237 bits per heavy atom. The van der Waals surface area contributed by atoms with Gasteiger partial charge in [0.15, 0.2) is 0 Å². The Morgan fingerprint density at radius 3 is 1.17 bits per heavy atom. The summed E-state index contributed by atoms with van der Waals surface area (Å²) in [5.41, 5.74) is 13.8. The maximum absolute atomic E-state index is 7.09. The van der Waals surface area contributed by atoms with Gasteiger partial charge in [0.1, 0.15) is 11.2 Å². The summed E-state index contributed by atoms with van der Waals surface area (Å²) in [7, 11) is 0. The fourth-order valence-electron chi connectivity index (χ4n) is 9.80. The van der Waals surface area contributed by atoms with E-state index in [2.05, 4.69) is 218 Å². The summed E-state index contributed by atoms with van der Waals surface area (Å²) in [5, 5.41) is 12.0. The third-order valence-electron chi connectivity index (χ3n) is 12.2. The number of furan rings is 1. The number of hydrogen-bond donors (Lipinski definition) is 0. The summed E-state index contributed by atoms with van der Waals surface area (Å²) in [6.07, 6.45) is 0. The Bertz CT molecular complexity index is 3480. The first-order chi connectivity index (χ1) is 29.3. The van der Waals surface area contributed by atoms with Crippen LogP contribution in [0.3, 0.4) is 0 Å². The van der Waals surface area contributed by atoms with Gasteiger partial charge in [0.25, 0.3) is 0 Å². The van der Waals surface area contributed by atoms with Crippen LogP contribution in [0, 0.1) is 0 Å². The van der Waals surface area contributed by atoms with Crippen molar-refractivity contribution >= 4 is 65.0 Å². The monoisotopic (exact) mass is 748 g/mol. The molecule has 0 unspecified atom stereocenters. The van der Waals surface area contributed by atoms with E-state index in [1.165, 1.54) is 93.2 Å². The highest BCUT2D eigenvalue weighted by Crippen LogP contribution is 2.50. The van der Waals surface area contributed by atoms with Crippen molar-refractivity contribution < 1.29 is 4.42 Å². The molecule has 0 aliphatic carbocycles. The molecule has 0 amide bonds. The van der Waals surface area contributed by atoms with Crippen molar-refractivity contribution in [2.24, 2.45) is 0 Å². The molecule has 0 aliphatic rings. The summed E-state index contributed by atoms with van der Waals surface area (Å²) in [5.74, 6) is 0. The quantitative estimate of drug-likeness (QED) is 0.160. The van der Waals surface area contributed by atoms with Gasteiger partial charge in [-0.15, -0.1) is 0 Å². The summed E-state index contributed by atoms with van der Waals surface area (Å²) in [6.45, 7) is 0. The van der Waals surface area contributed by atoms with E-state index in [0.717, 1.165) is 27.5 Å². The van der Waals surface area contributed by atoms with E-state index < -0.39 is 0 Å². The molecule has 0 aliphatic heterocycles. The lowest BCUT2D eigenvalue weighted by Gasteiger charge is -2.19. The summed E-state index contributed by atoms with van der Waals surface area (Å²) in [4.78, 5) is 0. The van der Waals surface area contributed by atoms with Crippen LogP contribution in [0.1, 0.15) is 0 Å². The fraction of sp³-hybridized carbons (Fsp3) is 0. The van der Waals surface area contributed by atoms with Crippen molar-refractivity contribution in [2.45, 2.75) is 0 Å². The second kappa shape index (κ2) is 13.4. The van der Waals surface area contributed by atoms with Crippen LogP contribution in [0.2, 0.25) is 0 Å². The first kappa shape index (κ1) is 33.4. The molecule has 1 aromatic heterocycles. The first-order valence-corrected chi connectivity index (χ1v) is 20.3. The van der Waals surface area contributed by atoms with Gasteiger partial charge in [-0.05, 0) is 99.7 Å². The van der Waals surface area contributed by atoms with Crippen LogP contribution in [0.15, 0.2) is 223 Å². The molecule has 0 N–H and O–H groups in total. The number of para-hydroxylation sites is 1. The average Bonchev–Trinajstić information content (AvgIpc) is 3.70. The van der Waals surface area contributed by atoms with E-state index in [-0.39, 0.29) is 0 Å². The van der Waals surface area contributed by atoms with E-state index in [0.29, 0.717) is 0 Å². The molecule has 274 valence electrons. The van der Waals surface area contributed by atoms with Crippen molar-refractivity contribution in [3.8, 4) is 55.6 Å². The van der Waals surface area contributed by atoms with Crippen LogP contribution in [-0.4, -0.2) is 0 Å². The fourth-order valence-corrected chi connectivity index (χ4v) is 9.80. The van der Waals surface area contributed by atoms with Gasteiger partial charge in [0, 0.05) is 21.9 Å². The van der Waals surface area contributed by atoms with Crippen LogP contribution in [0.25, 0.3) is 121 Å². The second-order valence-electron chi connectivity index (χ2n) is 15.5. The van der Waals surface area contributed by atoms with E-state index in [1.807, 2.05) is 0 Å². The van der Waals surface area contributed by atoms with Gasteiger partial charge < -0.3 is 4.42 Å². The molecule has 11 aromatic carbocycles. The Labute approximate surface area is 342 Å². The Kier molecular flexibility index (Phi) is 7.61. The molecule has 0 saturated heterocycles. The number of fused-ring (bicyclic) bond motifs is 7. The van der Waals surface area contributed by atoms with E-state index >= 15 is 0 Å². The zero-order chi connectivity index (χ0) is 38.9. The van der Waals surface area contributed by atoms with Gasteiger partial charge in [-0.25, -0.2) is 0 Å². The average molecular weight is 749 g/mol. The van der Waals surface area contributed by atoms with E-state index in [1.54, 1.807) is 0 Å². The molecule has 1 nitrogen and oxygen atoms in total. The zero-order valence-electron chi connectivity index (χ0n) is 32.2. The Hall–Kier alpha value is -7.74. The molecule has 59 heavy (non-hydrogen) atoms. The van der Waals surface area contributed by atoms with Crippen LogP contribution < -0.4 is 0 Å². The predicted octanol–water partition coefficient (Wildman–Crippen LogP) is 16.5. The summed E-state index contributed by atoms with van der Waals surface area (Å²) < 4.78 is 7.09. The Balaban J connectivity index is 1.14. The predicted molar refractivity (Wildman–Crippen MR) is 251 cm³/mol.